The molecule has 3 rings (SSSR count). The molecule has 0 fully saturated rings. The smallest absolute Gasteiger partial charge is 0.328 e. The number of nitrogens with zero attached hydrogens (tertiary/aromatic N) is 2. The van der Waals surface area contributed by atoms with Gasteiger partial charge in [-0.3, -0.25) is 0 Å². The molecule has 0 aliphatic heterocycles. The quantitative estimate of drug-likeness (QED) is 0.462. The minimum atomic E-state index is -1.02. The predicted molar refractivity (Wildman–Crippen MR) is 105 cm³/mol. The fraction of sp³-hybridized carbons (Fsp3) is 0.143. The van der Waals surface area contributed by atoms with E-state index in [0.29, 0.717) is 5.15 Å². The van der Waals surface area contributed by atoms with Crippen LogP contribution in [0.1, 0.15) is 31.0 Å². The van der Waals surface area contributed by atoms with Crippen molar-refractivity contribution in [3.8, 4) is 11.1 Å². The van der Waals surface area contributed by atoms with E-state index in [-0.39, 0.29) is 11.7 Å². The number of carbonyl (C=O) groups is 1. The number of hydrogen-bond acceptors (Lipinski definition) is 2. The maximum Gasteiger partial charge on any atom is 0.328 e. The largest absolute Gasteiger partial charge is 0.478 e. The number of hydrogen-bond donors (Lipinski definition) is 1. The van der Waals surface area contributed by atoms with Gasteiger partial charge in [0.1, 0.15) is 11.0 Å². The Bertz CT molecular complexity index is 1050. The Morgan fingerprint density at radius 3 is 2.52 bits per heavy atom. The molecule has 0 saturated heterocycles. The van der Waals surface area contributed by atoms with Crippen LogP contribution in [0.4, 0.5) is 4.39 Å². The number of fused-ring (bicyclic) bond motifs is 1. The fourth-order valence-corrected chi connectivity index (χ4v) is 3.12. The Hall–Kier alpha value is -2.92. The Kier molecular flexibility index (Phi) is 5.42. The van der Waals surface area contributed by atoms with Crippen molar-refractivity contribution in [2.24, 2.45) is 0 Å². The number of halogens is 2. The summed E-state index contributed by atoms with van der Waals surface area (Å²) in [5.41, 5.74) is 4.12. The second kappa shape index (κ2) is 7.76. The molecule has 6 heteroatoms. The van der Waals surface area contributed by atoms with Gasteiger partial charge in [-0.1, -0.05) is 55.8 Å². The number of aliphatic carboxylic acids is 1. The minimum Gasteiger partial charge on any atom is -0.478 e. The molecule has 0 amide bonds. The molecular formula is C21H18ClFN2O2. The van der Waals surface area contributed by atoms with Gasteiger partial charge in [0.15, 0.2) is 0 Å². The summed E-state index contributed by atoms with van der Waals surface area (Å²) < 4.78 is 15.1. The fourth-order valence-electron chi connectivity index (χ4n) is 2.93. The van der Waals surface area contributed by atoms with E-state index in [1.54, 1.807) is 28.8 Å². The molecule has 0 unspecified atom stereocenters. The lowest BCUT2D eigenvalue weighted by molar-refractivity contribution is -0.131. The predicted octanol–water partition coefficient (Wildman–Crippen LogP) is 5.57. The van der Waals surface area contributed by atoms with E-state index < -0.39 is 5.97 Å². The molecule has 0 atom stereocenters. The first kappa shape index (κ1) is 18.9. The first-order valence-electron chi connectivity index (χ1n) is 8.43. The number of benzene rings is 1. The lowest BCUT2D eigenvalue weighted by Gasteiger charge is -2.16. The summed E-state index contributed by atoms with van der Waals surface area (Å²) in [6, 6.07) is 9.86. The van der Waals surface area contributed by atoms with Gasteiger partial charge in [0, 0.05) is 17.2 Å². The summed E-state index contributed by atoms with van der Waals surface area (Å²) >= 11 is 6.29. The highest BCUT2D eigenvalue weighted by molar-refractivity contribution is 6.30. The summed E-state index contributed by atoms with van der Waals surface area (Å²) in [7, 11) is 0. The molecule has 27 heavy (non-hydrogen) atoms. The van der Waals surface area contributed by atoms with Crippen LogP contribution in [0.25, 0.3) is 22.7 Å². The van der Waals surface area contributed by atoms with E-state index in [2.05, 4.69) is 5.10 Å². The SMILES string of the molecule is CC(C)c1nn2c(Cl)ccc2c(-c2ccc(F)cc2)c1/C=C/C=C/C(=O)O. The van der Waals surface area contributed by atoms with Crippen LogP contribution >= 0.6 is 11.6 Å². The van der Waals surface area contributed by atoms with E-state index in [9.17, 15) is 9.18 Å². The molecule has 0 aliphatic rings. The Morgan fingerprint density at radius 2 is 1.89 bits per heavy atom. The number of carboxylic acid groups (broad SMARTS) is 1. The average Bonchev–Trinajstić information content (AvgIpc) is 2.99. The minimum absolute atomic E-state index is 0.0927. The van der Waals surface area contributed by atoms with Crippen LogP contribution in [0.5, 0.6) is 0 Å². The second-order valence-electron chi connectivity index (χ2n) is 6.35. The first-order chi connectivity index (χ1) is 12.9. The topological polar surface area (TPSA) is 54.6 Å². The van der Waals surface area contributed by atoms with Crippen LogP contribution in [-0.4, -0.2) is 20.7 Å². The lowest BCUT2D eigenvalue weighted by atomic mass is 9.94. The van der Waals surface area contributed by atoms with Crippen molar-refractivity contribution in [3.05, 3.63) is 76.9 Å². The van der Waals surface area contributed by atoms with Crippen LogP contribution < -0.4 is 0 Å². The van der Waals surface area contributed by atoms with Crippen LogP contribution in [0.3, 0.4) is 0 Å². The summed E-state index contributed by atoms with van der Waals surface area (Å²) in [6.07, 6.45) is 5.99. The van der Waals surface area contributed by atoms with Gasteiger partial charge in [-0.15, -0.1) is 0 Å². The van der Waals surface area contributed by atoms with E-state index in [1.807, 2.05) is 26.0 Å². The highest BCUT2D eigenvalue weighted by Gasteiger charge is 2.18. The maximum atomic E-state index is 13.4. The molecule has 0 aliphatic carbocycles. The molecule has 0 radical (unpaired) electrons. The first-order valence-corrected chi connectivity index (χ1v) is 8.81. The van der Waals surface area contributed by atoms with Gasteiger partial charge in [0.2, 0.25) is 0 Å². The van der Waals surface area contributed by atoms with Crippen molar-refractivity contribution in [2.45, 2.75) is 19.8 Å². The van der Waals surface area contributed by atoms with E-state index in [4.69, 9.17) is 16.7 Å². The molecule has 0 spiro atoms. The lowest BCUT2D eigenvalue weighted by Crippen LogP contribution is -2.06. The van der Waals surface area contributed by atoms with Gasteiger partial charge < -0.3 is 5.11 Å². The average molecular weight is 385 g/mol. The zero-order valence-electron chi connectivity index (χ0n) is 14.9. The van der Waals surface area contributed by atoms with Crippen LogP contribution in [0.15, 0.2) is 54.6 Å². The monoisotopic (exact) mass is 384 g/mol. The Morgan fingerprint density at radius 1 is 1.19 bits per heavy atom. The van der Waals surface area contributed by atoms with Gasteiger partial charge >= 0.3 is 5.97 Å². The zero-order chi connectivity index (χ0) is 19.6. The molecule has 0 saturated carbocycles. The van der Waals surface area contributed by atoms with Crippen molar-refractivity contribution < 1.29 is 14.3 Å². The summed E-state index contributed by atoms with van der Waals surface area (Å²) in [4.78, 5) is 10.7. The number of allylic oxidation sites excluding steroid dienone is 2. The van der Waals surface area contributed by atoms with E-state index in [0.717, 1.165) is 34.0 Å². The summed E-state index contributed by atoms with van der Waals surface area (Å²) in [6.45, 7) is 4.04. The van der Waals surface area contributed by atoms with Gasteiger partial charge in [-0.25, -0.2) is 13.7 Å². The Balaban J connectivity index is 2.32. The number of carboxylic acids is 1. The van der Waals surface area contributed by atoms with Gasteiger partial charge in [0.05, 0.1) is 11.2 Å². The third-order valence-electron chi connectivity index (χ3n) is 4.11. The molecule has 2 aromatic heterocycles. The van der Waals surface area contributed by atoms with Gasteiger partial charge in [-0.2, -0.15) is 5.10 Å². The molecule has 0 bridgehead atoms. The van der Waals surface area contributed by atoms with Crippen molar-refractivity contribution in [1.82, 2.24) is 9.61 Å². The third-order valence-corrected chi connectivity index (χ3v) is 4.40. The van der Waals surface area contributed by atoms with E-state index >= 15 is 0 Å². The summed E-state index contributed by atoms with van der Waals surface area (Å²) in [5.74, 6) is -1.24. The van der Waals surface area contributed by atoms with Crippen LogP contribution in [0, 0.1) is 5.82 Å². The van der Waals surface area contributed by atoms with Crippen molar-refractivity contribution >= 4 is 29.2 Å². The molecule has 4 nitrogen and oxygen atoms in total. The molecule has 2 heterocycles. The molecular weight excluding hydrogens is 367 g/mol. The van der Waals surface area contributed by atoms with Crippen LogP contribution in [0.2, 0.25) is 5.15 Å². The summed E-state index contributed by atoms with van der Waals surface area (Å²) in [5, 5.41) is 13.9. The Labute approximate surface area is 161 Å². The van der Waals surface area contributed by atoms with Crippen molar-refractivity contribution in [2.75, 3.05) is 0 Å². The molecule has 3 aromatic rings. The highest BCUT2D eigenvalue weighted by atomic mass is 35.5. The standard InChI is InChI=1S/C21H18ClFN2O2/c1-13(2)21-16(5-3-4-6-19(26)27)20(14-7-9-15(23)10-8-14)17-11-12-18(22)25(17)24-21/h3-13H,1-2H3,(H,26,27)/b5-3+,6-4+. The van der Waals surface area contributed by atoms with Gasteiger partial charge in [0.25, 0.3) is 0 Å². The number of rotatable bonds is 5. The molecule has 138 valence electrons. The van der Waals surface area contributed by atoms with Crippen molar-refractivity contribution in [3.63, 3.8) is 0 Å². The van der Waals surface area contributed by atoms with E-state index in [1.165, 1.54) is 18.2 Å². The highest BCUT2D eigenvalue weighted by Crippen LogP contribution is 2.35. The maximum absolute atomic E-state index is 13.4. The molecule has 1 N–H and O–H groups in total. The second-order valence-corrected chi connectivity index (χ2v) is 6.73. The number of aromatic nitrogens is 2. The van der Waals surface area contributed by atoms with Crippen molar-refractivity contribution in [1.29, 1.82) is 0 Å². The van der Waals surface area contributed by atoms with Crippen LogP contribution in [-0.2, 0) is 4.79 Å². The normalized spacial score (nSPS) is 12.0. The van der Waals surface area contributed by atoms with Gasteiger partial charge in [-0.05, 0) is 35.7 Å². The third kappa shape index (κ3) is 3.93. The zero-order valence-corrected chi connectivity index (χ0v) is 15.6. The molecule has 1 aromatic carbocycles.